The van der Waals surface area contributed by atoms with Crippen LogP contribution in [-0.4, -0.2) is 22.3 Å². The zero-order valence-corrected chi connectivity index (χ0v) is 10.1. The molecule has 17 heavy (non-hydrogen) atoms. The summed E-state index contributed by atoms with van der Waals surface area (Å²) >= 11 is 0. The second-order valence-electron chi connectivity index (χ2n) is 4.17. The van der Waals surface area contributed by atoms with E-state index < -0.39 is 5.97 Å². The number of aliphatic carboxylic acids is 1. The summed E-state index contributed by atoms with van der Waals surface area (Å²) in [6.07, 6.45) is 1.10. The number of hydrogen-bond acceptors (Lipinski definition) is 3. The summed E-state index contributed by atoms with van der Waals surface area (Å²) < 4.78 is 5.58. The number of ether oxygens (including phenoxy) is 1. The number of carbonyl (C=O) groups is 1. The Labute approximate surface area is 101 Å². The summed E-state index contributed by atoms with van der Waals surface area (Å²) in [4.78, 5) is 10.4. The van der Waals surface area contributed by atoms with Crippen LogP contribution in [-0.2, 0) is 11.2 Å². The van der Waals surface area contributed by atoms with Crippen molar-refractivity contribution >= 4 is 5.97 Å². The molecular weight excluding hydrogens is 220 g/mol. The highest BCUT2D eigenvalue weighted by atomic mass is 16.5. The Morgan fingerprint density at radius 2 is 2.12 bits per heavy atom. The Hall–Kier alpha value is -1.71. The van der Waals surface area contributed by atoms with Crippen LogP contribution in [0.15, 0.2) is 18.2 Å². The third-order valence-electron chi connectivity index (χ3n) is 2.29. The Bertz CT molecular complexity index is 385. The average molecular weight is 238 g/mol. The smallest absolute Gasteiger partial charge is 0.303 e. The van der Waals surface area contributed by atoms with Gasteiger partial charge in [0.15, 0.2) is 0 Å². The third kappa shape index (κ3) is 4.34. The highest BCUT2D eigenvalue weighted by Crippen LogP contribution is 2.29. The Balaban J connectivity index is 2.76. The van der Waals surface area contributed by atoms with Crippen LogP contribution in [0.5, 0.6) is 11.5 Å². The van der Waals surface area contributed by atoms with Gasteiger partial charge in [-0.3, -0.25) is 4.79 Å². The normalized spacial score (nSPS) is 10.5. The fourth-order valence-electron chi connectivity index (χ4n) is 1.59. The van der Waals surface area contributed by atoms with Gasteiger partial charge in [-0.1, -0.05) is 6.07 Å². The van der Waals surface area contributed by atoms with Crippen LogP contribution in [0.1, 0.15) is 32.3 Å². The molecule has 4 heteroatoms. The van der Waals surface area contributed by atoms with Gasteiger partial charge >= 0.3 is 5.97 Å². The first-order valence-corrected chi connectivity index (χ1v) is 5.70. The van der Waals surface area contributed by atoms with Crippen LogP contribution in [0.4, 0.5) is 0 Å². The zero-order valence-electron chi connectivity index (χ0n) is 10.1. The number of phenols is 1. The summed E-state index contributed by atoms with van der Waals surface area (Å²) in [5.41, 5.74) is 0.683. The van der Waals surface area contributed by atoms with Gasteiger partial charge in [0, 0.05) is 12.0 Å². The van der Waals surface area contributed by atoms with Gasteiger partial charge < -0.3 is 14.9 Å². The molecule has 4 nitrogen and oxygen atoms in total. The summed E-state index contributed by atoms with van der Waals surface area (Å²) in [6, 6.07) is 5.09. The van der Waals surface area contributed by atoms with E-state index in [1.807, 2.05) is 13.8 Å². The third-order valence-corrected chi connectivity index (χ3v) is 2.29. The van der Waals surface area contributed by atoms with Crippen LogP contribution >= 0.6 is 0 Å². The minimum atomic E-state index is -0.827. The van der Waals surface area contributed by atoms with E-state index in [4.69, 9.17) is 9.84 Å². The second-order valence-corrected chi connectivity index (χ2v) is 4.17. The van der Waals surface area contributed by atoms with E-state index >= 15 is 0 Å². The van der Waals surface area contributed by atoms with Crippen molar-refractivity contribution in [3.8, 4) is 11.5 Å². The molecule has 2 N–H and O–H groups in total. The number of aromatic hydroxyl groups is 1. The van der Waals surface area contributed by atoms with E-state index in [1.54, 1.807) is 18.2 Å². The van der Waals surface area contributed by atoms with Gasteiger partial charge in [-0.2, -0.15) is 0 Å². The molecule has 1 aromatic rings. The zero-order chi connectivity index (χ0) is 12.8. The molecule has 0 unspecified atom stereocenters. The molecule has 0 bridgehead atoms. The van der Waals surface area contributed by atoms with Crippen molar-refractivity contribution in [3.05, 3.63) is 23.8 Å². The van der Waals surface area contributed by atoms with Crippen molar-refractivity contribution in [1.82, 2.24) is 0 Å². The van der Waals surface area contributed by atoms with E-state index in [1.165, 1.54) is 0 Å². The Kier molecular flexibility index (Phi) is 4.82. The summed E-state index contributed by atoms with van der Waals surface area (Å²) in [7, 11) is 0. The van der Waals surface area contributed by atoms with Crippen molar-refractivity contribution in [2.24, 2.45) is 0 Å². The molecule has 0 atom stereocenters. The number of hydrogen-bond donors (Lipinski definition) is 2. The maximum absolute atomic E-state index is 10.4. The molecule has 0 spiro atoms. The molecule has 0 aliphatic heterocycles. The number of benzene rings is 1. The SMILES string of the molecule is CC(C)Oc1cccc(O)c1CCCC(=O)O. The van der Waals surface area contributed by atoms with Crippen molar-refractivity contribution in [2.45, 2.75) is 39.2 Å². The van der Waals surface area contributed by atoms with E-state index in [-0.39, 0.29) is 18.3 Å². The summed E-state index contributed by atoms with van der Waals surface area (Å²) in [5.74, 6) is -0.0364. The van der Waals surface area contributed by atoms with Crippen LogP contribution < -0.4 is 4.74 Å². The molecule has 1 aromatic carbocycles. The van der Waals surface area contributed by atoms with Gasteiger partial charge in [-0.05, 0) is 38.8 Å². The first-order chi connectivity index (χ1) is 8.00. The molecule has 1 rings (SSSR count). The van der Waals surface area contributed by atoms with E-state index in [2.05, 4.69) is 0 Å². The van der Waals surface area contributed by atoms with Crippen LogP contribution in [0.3, 0.4) is 0 Å². The fraction of sp³-hybridized carbons (Fsp3) is 0.462. The van der Waals surface area contributed by atoms with Crippen molar-refractivity contribution in [1.29, 1.82) is 0 Å². The van der Waals surface area contributed by atoms with Gasteiger partial charge in [-0.25, -0.2) is 0 Å². The van der Waals surface area contributed by atoms with Gasteiger partial charge in [0.25, 0.3) is 0 Å². The highest BCUT2D eigenvalue weighted by Gasteiger charge is 2.10. The molecule has 0 aliphatic rings. The maximum atomic E-state index is 10.4. The second kappa shape index (κ2) is 6.13. The van der Waals surface area contributed by atoms with Gasteiger partial charge in [0.05, 0.1) is 6.10 Å². The lowest BCUT2D eigenvalue weighted by molar-refractivity contribution is -0.137. The van der Waals surface area contributed by atoms with E-state index in [9.17, 15) is 9.90 Å². The predicted octanol–water partition coefficient (Wildman–Crippen LogP) is 2.59. The molecule has 0 amide bonds. The lowest BCUT2D eigenvalue weighted by Crippen LogP contribution is -2.08. The average Bonchev–Trinajstić information content (AvgIpc) is 2.21. The van der Waals surface area contributed by atoms with Crippen molar-refractivity contribution in [3.63, 3.8) is 0 Å². The molecular formula is C13H18O4. The number of carboxylic acids is 1. The van der Waals surface area contributed by atoms with Crippen molar-refractivity contribution < 1.29 is 19.7 Å². The fourth-order valence-corrected chi connectivity index (χ4v) is 1.59. The molecule has 0 aromatic heterocycles. The molecule has 0 saturated carbocycles. The highest BCUT2D eigenvalue weighted by molar-refractivity contribution is 5.66. The molecule has 0 heterocycles. The lowest BCUT2D eigenvalue weighted by Gasteiger charge is -2.15. The van der Waals surface area contributed by atoms with Crippen LogP contribution in [0, 0.1) is 0 Å². The first kappa shape index (κ1) is 13.4. The van der Waals surface area contributed by atoms with Crippen LogP contribution in [0.2, 0.25) is 0 Å². The largest absolute Gasteiger partial charge is 0.508 e. The first-order valence-electron chi connectivity index (χ1n) is 5.70. The molecule has 94 valence electrons. The van der Waals surface area contributed by atoms with Gasteiger partial charge in [0.2, 0.25) is 0 Å². The molecule has 0 radical (unpaired) electrons. The van der Waals surface area contributed by atoms with Gasteiger partial charge in [0.1, 0.15) is 11.5 Å². The Morgan fingerprint density at radius 3 is 2.71 bits per heavy atom. The minimum Gasteiger partial charge on any atom is -0.508 e. The quantitative estimate of drug-likeness (QED) is 0.799. The van der Waals surface area contributed by atoms with Crippen LogP contribution in [0.25, 0.3) is 0 Å². The monoisotopic (exact) mass is 238 g/mol. The summed E-state index contributed by atoms with van der Waals surface area (Å²) in [5, 5.41) is 18.3. The van der Waals surface area contributed by atoms with Crippen molar-refractivity contribution in [2.75, 3.05) is 0 Å². The summed E-state index contributed by atoms with van der Waals surface area (Å²) in [6.45, 7) is 3.82. The minimum absolute atomic E-state index is 0.0232. The number of phenolic OH excluding ortho intramolecular Hbond substituents is 1. The molecule has 0 fully saturated rings. The predicted molar refractivity (Wildman–Crippen MR) is 64.4 cm³/mol. The van der Waals surface area contributed by atoms with E-state index in [0.717, 1.165) is 0 Å². The Morgan fingerprint density at radius 1 is 1.41 bits per heavy atom. The number of rotatable bonds is 6. The standard InChI is InChI=1S/C13H18O4/c1-9(2)17-12-7-4-6-11(14)10(12)5-3-8-13(15)16/h4,6-7,9,14H,3,5,8H2,1-2H3,(H,15,16). The topological polar surface area (TPSA) is 66.8 Å². The van der Waals surface area contributed by atoms with Gasteiger partial charge in [-0.15, -0.1) is 0 Å². The molecule has 0 aliphatic carbocycles. The molecule has 0 saturated heterocycles. The van der Waals surface area contributed by atoms with E-state index in [0.29, 0.717) is 24.2 Å². The lowest BCUT2D eigenvalue weighted by atomic mass is 10.1. The maximum Gasteiger partial charge on any atom is 0.303 e. The number of carboxylic acid groups (broad SMARTS) is 1.